The highest BCUT2D eigenvalue weighted by molar-refractivity contribution is 6.10. The number of anilines is 1. The fourth-order valence-corrected chi connectivity index (χ4v) is 3.78. The summed E-state index contributed by atoms with van der Waals surface area (Å²) in [6.07, 6.45) is 5.48. The Hall–Kier alpha value is -3.54. The maximum atomic E-state index is 13.5. The molecule has 0 bridgehead atoms. The van der Waals surface area contributed by atoms with Gasteiger partial charge in [0.1, 0.15) is 36.0 Å². The SMILES string of the molecule is Cc1oc2ncnc(NC3(C)CC3)c2c1C(=O)N1CCc2c(C#N)ncnc2C1. The molecule has 1 fully saturated rings. The molecule has 1 aliphatic carbocycles. The van der Waals surface area contributed by atoms with Crippen molar-refractivity contribution >= 4 is 22.8 Å². The van der Waals surface area contributed by atoms with Gasteiger partial charge in [-0.2, -0.15) is 5.26 Å². The summed E-state index contributed by atoms with van der Waals surface area (Å²) in [4.78, 5) is 32.1. The minimum absolute atomic E-state index is 0.00144. The number of carbonyl (C=O) groups excluding carboxylic acids is 1. The third-order valence-electron chi connectivity index (χ3n) is 5.70. The molecule has 0 aromatic carbocycles. The van der Waals surface area contributed by atoms with Crippen LogP contribution in [-0.4, -0.2) is 42.8 Å². The van der Waals surface area contributed by atoms with Crippen LogP contribution in [0.5, 0.6) is 0 Å². The number of rotatable bonds is 3. The summed E-state index contributed by atoms with van der Waals surface area (Å²) < 4.78 is 5.79. The summed E-state index contributed by atoms with van der Waals surface area (Å²) in [6.45, 7) is 4.70. The van der Waals surface area contributed by atoms with Crippen molar-refractivity contribution in [2.24, 2.45) is 0 Å². The molecule has 9 nitrogen and oxygen atoms in total. The second kappa shape index (κ2) is 6.24. The predicted octanol–water partition coefficient (Wildman–Crippen LogP) is 2.36. The Labute approximate surface area is 166 Å². The van der Waals surface area contributed by atoms with Crippen LogP contribution in [-0.2, 0) is 13.0 Å². The molecule has 0 unspecified atom stereocenters. The molecule has 0 atom stereocenters. The summed E-state index contributed by atoms with van der Waals surface area (Å²) in [7, 11) is 0. The van der Waals surface area contributed by atoms with Crippen molar-refractivity contribution in [3.8, 4) is 6.07 Å². The number of aryl methyl sites for hydroxylation is 1. The Morgan fingerprint density at radius 2 is 2.07 bits per heavy atom. The summed E-state index contributed by atoms with van der Waals surface area (Å²) in [6, 6.07) is 2.10. The molecule has 5 rings (SSSR count). The average Bonchev–Trinajstić information content (AvgIpc) is 3.34. The van der Waals surface area contributed by atoms with Crippen molar-refractivity contribution in [2.45, 2.75) is 45.2 Å². The Bertz CT molecular complexity index is 1190. The lowest BCUT2D eigenvalue weighted by Gasteiger charge is -2.28. The zero-order chi connectivity index (χ0) is 20.2. The highest BCUT2D eigenvalue weighted by atomic mass is 16.3. The number of aromatic nitrogens is 4. The van der Waals surface area contributed by atoms with E-state index in [1.807, 2.05) is 0 Å². The van der Waals surface area contributed by atoms with E-state index in [1.54, 1.807) is 11.8 Å². The molecule has 0 saturated heterocycles. The summed E-state index contributed by atoms with van der Waals surface area (Å²) in [5.74, 6) is 0.991. The Kier molecular flexibility index (Phi) is 3.77. The van der Waals surface area contributed by atoms with E-state index in [0.29, 0.717) is 59.1 Å². The largest absolute Gasteiger partial charge is 0.442 e. The lowest BCUT2D eigenvalue weighted by atomic mass is 10.0. The van der Waals surface area contributed by atoms with E-state index >= 15 is 0 Å². The molecular weight excluding hydrogens is 370 g/mol. The minimum atomic E-state index is -0.150. The van der Waals surface area contributed by atoms with Crippen LogP contribution in [0.1, 0.15) is 52.8 Å². The van der Waals surface area contributed by atoms with Gasteiger partial charge in [0.05, 0.1) is 23.2 Å². The number of nitrogens with zero attached hydrogens (tertiary/aromatic N) is 6. The van der Waals surface area contributed by atoms with Crippen LogP contribution >= 0.6 is 0 Å². The van der Waals surface area contributed by atoms with Gasteiger partial charge >= 0.3 is 0 Å². The smallest absolute Gasteiger partial charge is 0.258 e. The number of hydrogen-bond donors (Lipinski definition) is 1. The van der Waals surface area contributed by atoms with Gasteiger partial charge in [-0.15, -0.1) is 0 Å². The number of hydrogen-bond acceptors (Lipinski definition) is 8. The molecule has 3 aromatic heterocycles. The molecule has 0 spiro atoms. The van der Waals surface area contributed by atoms with Crippen LogP contribution < -0.4 is 5.32 Å². The maximum Gasteiger partial charge on any atom is 0.258 e. The van der Waals surface area contributed by atoms with E-state index in [0.717, 1.165) is 18.4 Å². The Morgan fingerprint density at radius 1 is 1.28 bits per heavy atom. The number of amides is 1. The monoisotopic (exact) mass is 389 g/mol. The predicted molar refractivity (Wildman–Crippen MR) is 103 cm³/mol. The molecule has 2 aliphatic rings. The Balaban J connectivity index is 1.53. The number of carbonyl (C=O) groups is 1. The Morgan fingerprint density at radius 3 is 2.83 bits per heavy atom. The molecule has 1 N–H and O–H groups in total. The van der Waals surface area contributed by atoms with Crippen molar-refractivity contribution in [2.75, 3.05) is 11.9 Å². The quantitative estimate of drug-likeness (QED) is 0.725. The second-order valence-corrected chi connectivity index (χ2v) is 7.86. The number of nitriles is 1. The van der Waals surface area contributed by atoms with Crippen LogP contribution in [0.4, 0.5) is 5.82 Å². The normalized spacial score (nSPS) is 16.9. The van der Waals surface area contributed by atoms with Crippen LogP contribution in [0.3, 0.4) is 0 Å². The molecule has 9 heteroatoms. The number of nitrogens with one attached hydrogen (secondary N) is 1. The first-order valence-corrected chi connectivity index (χ1v) is 9.53. The molecule has 0 radical (unpaired) electrons. The van der Waals surface area contributed by atoms with Crippen molar-refractivity contribution < 1.29 is 9.21 Å². The van der Waals surface area contributed by atoms with E-state index in [9.17, 15) is 10.1 Å². The highest BCUT2D eigenvalue weighted by Crippen LogP contribution is 2.40. The minimum Gasteiger partial charge on any atom is -0.442 e. The van der Waals surface area contributed by atoms with Gasteiger partial charge in [0.25, 0.3) is 5.91 Å². The van der Waals surface area contributed by atoms with E-state index in [2.05, 4.69) is 38.2 Å². The van der Waals surface area contributed by atoms with Crippen LogP contribution in [0.2, 0.25) is 0 Å². The van der Waals surface area contributed by atoms with Gasteiger partial charge in [-0.3, -0.25) is 4.79 Å². The van der Waals surface area contributed by atoms with E-state index < -0.39 is 0 Å². The third kappa shape index (κ3) is 2.88. The average molecular weight is 389 g/mol. The molecule has 29 heavy (non-hydrogen) atoms. The van der Waals surface area contributed by atoms with Gasteiger partial charge in [0, 0.05) is 17.6 Å². The molecule has 1 saturated carbocycles. The van der Waals surface area contributed by atoms with Gasteiger partial charge in [-0.05, 0) is 33.1 Å². The molecule has 146 valence electrons. The summed E-state index contributed by atoms with van der Waals surface area (Å²) in [5, 5.41) is 13.3. The van der Waals surface area contributed by atoms with Gasteiger partial charge in [0.2, 0.25) is 5.71 Å². The molecule has 1 amide bonds. The van der Waals surface area contributed by atoms with Crippen LogP contribution in [0, 0.1) is 18.3 Å². The van der Waals surface area contributed by atoms with Gasteiger partial charge in [0.15, 0.2) is 0 Å². The van der Waals surface area contributed by atoms with E-state index in [4.69, 9.17) is 4.42 Å². The first-order chi connectivity index (χ1) is 14.0. The van der Waals surface area contributed by atoms with Crippen LogP contribution in [0.15, 0.2) is 17.1 Å². The standard InChI is InChI=1S/C20H19N7O2/c1-11-15(16-17(26-20(2)4-5-20)24-10-25-18(16)29-11)19(28)27-6-3-12-13(7-21)22-9-23-14(12)8-27/h9-10H,3-6,8H2,1-2H3,(H,24,25,26). The summed E-state index contributed by atoms with van der Waals surface area (Å²) >= 11 is 0. The van der Waals surface area contributed by atoms with Crippen LogP contribution in [0.25, 0.3) is 11.1 Å². The first-order valence-electron chi connectivity index (χ1n) is 9.53. The van der Waals surface area contributed by atoms with E-state index in [1.165, 1.54) is 12.7 Å². The van der Waals surface area contributed by atoms with Crippen molar-refractivity contribution in [3.63, 3.8) is 0 Å². The lowest BCUT2D eigenvalue weighted by molar-refractivity contribution is 0.0731. The maximum absolute atomic E-state index is 13.5. The van der Waals surface area contributed by atoms with E-state index in [-0.39, 0.29) is 11.4 Å². The molecule has 3 aromatic rings. The molecular formula is C20H19N7O2. The first kappa shape index (κ1) is 17.6. The topological polar surface area (TPSA) is 121 Å². The molecule has 1 aliphatic heterocycles. The fraction of sp³-hybridized carbons (Fsp3) is 0.400. The number of furan rings is 1. The molecule has 4 heterocycles. The highest BCUT2D eigenvalue weighted by Gasteiger charge is 2.39. The fourth-order valence-electron chi connectivity index (χ4n) is 3.78. The van der Waals surface area contributed by atoms with Gasteiger partial charge in [-0.25, -0.2) is 19.9 Å². The van der Waals surface area contributed by atoms with Crippen molar-refractivity contribution in [1.29, 1.82) is 5.26 Å². The third-order valence-corrected chi connectivity index (χ3v) is 5.70. The van der Waals surface area contributed by atoms with Gasteiger partial charge in [-0.1, -0.05) is 0 Å². The zero-order valence-electron chi connectivity index (χ0n) is 16.2. The lowest BCUT2D eigenvalue weighted by Crippen LogP contribution is -2.37. The summed E-state index contributed by atoms with van der Waals surface area (Å²) in [5.41, 5.74) is 2.79. The number of fused-ring (bicyclic) bond motifs is 2. The zero-order valence-corrected chi connectivity index (χ0v) is 16.2. The van der Waals surface area contributed by atoms with Crippen molar-refractivity contribution in [3.05, 3.63) is 40.9 Å². The second-order valence-electron chi connectivity index (χ2n) is 7.86. The van der Waals surface area contributed by atoms with Crippen molar-refractivity contribution in [1.82, 2.24) is 24.8 Å². The van der Waals surface area contributed by atoms with Gasteiger partial charge < -0.3 is 14.6 Å².